The van der Waals surface area contributed by atoms with Crippen molar-refractivity contribution in [3.8, 4) is 0 Å². The molecule has 0 aromatic heterocycles. The standard InChI is InChI=1S/C17H26F3N/c1-2-3-4-5-6-7-8-12-21-14-15-10-9-11-16(13-15)17(18,19)20/h9-11,13,21H,2-8,12,14H2,1H3. The number of hydrogen-bond donors (Lipinski definition) is 1. The highest BCUT2D eigenvalue weighted by atomic mass is 19.4. The van der Waals surface area contributed by atoms with Gasteiger partial charge in [0.25, 0.3) is 0 Å². The van der Waals surface area contributed by atoms with Gasteiger partial charge in [-0.25, -0.2) is 0 Å². The molecule has 1 nitrogen and oxygen atoms in total. The highest BCUT2D eigenvalue weighted by Crippen LogP contribution is 2.29. The van der Waals surface area contributed by atoms with Crippen molar-refractivity contribution in [1.82, 2.24) is 5.32 Å². The van der Waals surface area contributed by atoms with Crippen LogP contribution in [-0.4, -0.2) is 6.54 Å². The molecule has 4 heteroatoms. The molecule has 0 unspecified atom stereocenters. The lowest BCUT2D eigenvalue weighted by Crippen LogP contribution is -2.15. The molecule has 0 radical (unpaired) electrons. The van der Waals surface area contributed by atoms with Crippen LogP contribution in [0.25, 0.3) is 0 Å². The van der Waals surface area contributed by atoms with E-state index in [1.165, 1.54) is 50.7 Å². The van der Waals surface area contributed by atoms with Crippen molar-refractivity contribution in [3.63, 3.8) is 0 Å². The quantitative estimate of drug-likeness (QED) is 0.559. The smallest absolute Gasteiger partial charge is 0.313 e. The van der Waals surface area contributed by atoms with Crippen molar-refractivity contribution in [2.45, 2.75) is 64.6 Å². The predicted octanol–water partition coefficient (Wildman–Crippen LogP) is 5.55. The van der Waals surface area contributed by atoms with Gasteiger partial charge in [-0.15, -0.1) is 0 Å². The van der Waals surface area contributed by atoms with Gasteiger partial charge in [0.05, 0.1) is 5.56 Å². The number of benzene rings is 1. The summed E-state index contributed by atoms with van der Waals surface area (Å²) >= 11 is 0. The summed E-state index contributed by atoms with van der Waals surface area (Å²) in [4.78, 5) is 0. The van der Waals surface area contributed by atoms with E-state index in [2.05, 4.69) is 12.2 Å². The van der Waals surface area contributed by atoms with Crippen molar-refractivity contribution in [1.29, 1.82) is 0 Å². The van der Waals surface area contributed by atoms with E-state index in [1.54, 1.807) is 6.07 Å². The van der Waals surface area contributed by atoms with Crippen LogP contribution >= 0.6 is 0 Å². The second-order valence-electron chi connectivity index (χ2n) is 5.50. The van der Waals surface area contributed by atoms with Crippen LogP contribution in [0.2, 0.25) is 0 Å². The topological polar surface area (TPSA) is 12.0 Å². The Morgan fingerprint density at radius 3 is 2.29 bits per heavy atom. The molecule has 0 bridgehead atoms. The van der Waals surface area contributed by atoms with Crippen LogP contribution in [0.4, 0.5) is 13.2 Å². The Balaban J connectivity index is 2.13. The van der Waals surface area contributed by atoms with Crippen LogP contribution in [0.5, 0.6) is 0 Å². The van der Waals surface area contributed by atoms with E-state index in [9.17, 15) is 13.2 Å². The Labute approximate surface area is 125 Å². The summed E-state index contributed by atoms with van der Waals surface area (Å²) in [6.45, 7) is 3.57. The van der Waals surface area contributed by atoms with Gasteiger partial charge in [0.15, 0.2) is 0 Å². The zero-order valence-electron chi connectivity index (χ0n) is 12.8. The number of rotatable bonds is 10. The molecular weight excluding hydrogens is 275 g/mol. The van der Waals surface area contributed by atoms with Crippen LogP contribution in [0.15, 0.2) is 24.3 Å². The molecular formula is C17H26F3N. The zero-order valence-corrected chi connectivity index (χ0v) is 12.8. The van der Waals surface area contributed by atoms with Crippen molar-refractivity contribution in [3.05, 3.63) is 35.4 Å². The Kier molecular flexibility index (Phi) is 8.43. The molecule has 0 saturated carbocycles. The molecule has 0 fully saturated rings. The van der Waals surface area contributed by atoms with Crippen LogP contribution < -0.4 is 5.32 Å². The molecule has 0 heterocycles. The fraction of sp³-hybridized carbons (Fsp3) is 0.647. The van der Waals surface area contributed by atoms with Gasteiger partial charge in [0.2, 0.25) is 0 Å². The van der Waals surface area contributed by atoms with Crippen molar-refractivity contribution in [2.24, 2.45) is 0 Å². The van der Waals surface area contributed by atoms with Gasteiger partial charge < -0.3 is 5.32 Å². The molecule has 1 aromatic rings. The molecule has 0 aliphatic rings. The summed E-state index contributed by atoms with van der Waals surface area (Å²) in [5.41, 5.74) is 0.116. The monoisotopic (exact) mass is 301 g/mol. The lowest BCUT2D eigenvalue weighted by Gasteiger charge is -2.09. The number of halogens is 3. The third-order valence-electron chi connectivity index (χ3n) is 3.54. The molecule has 1 N–H and O–H groups in total. The molecule has 1 aromatic carbocycles. The summed E-state index contributed by atoms with van der Waals surface area (Å²) in [6, 6.07) is 5.53. The number of unbranched alkanes of at least 4 members (excludes halogenated alkanes) is 6. The lowest BCUT2D eigenvalue weighted by atomic mass is 10.1. The summed E-state index contributed by atoms with van der Waals surface area (Å²) < 4.78 is 37.7. The molecule has 21 heavy (non-hydrogen) atoms. The Hall–Kier alpha value is -1.03. The Bertz CT molecular complexity index is 388. The average molecular weight is 301 g/mol. The highest BCUT2D eigenvalue weighted by Gasteiger charge is 2.30. The number of alkyl halides is 3. The van der Waals surface area contributed by atoms with Crippen LogP contribution in [0, 0.1) is 0 Å². The minimum absolute atomic E-state index is 0.500. The fourth-order valence-electron chi connectivity index (χ4n) is 2.30. The zero-order chi connectivity index (χ0) is 15.6. The molecule has 0 aliphatic carbocycles. The predicted molar refractivity (Wildman–Crippen MR) is 81.1 cm³/mol. The Morgan fingerprint density at radius 2 is 1.62 bits per heavy atom. The molecule has 0 saturated heterocycles. The summed E-state index contributed by atoms with van der Waals surface area (Å²) in [5, 5.41) is 3.22. The first-order valence-electron chi connectivity index (χ1n) is 7.91. The normalized spacial score (nSPS) is 11.8. The van der Waals surface area contributed by atoms with E-state index in [4.69, 9.17) is 0 Å². The molecule has 0 spiro atoms. The van der Waals surface area contributed by atoms with E-state index < -0.39 is 11.7 Å². The minimum Gasteiger partial charge on any atom is -0.313 e. The van der Waals surface area contributed by atoms with Gasteiger partial charge in [-0.2, -0.15) is 13.2 Å². The highest BCUT2D eigenvalue weighted by molar-refractivity contribution is 5.25. The van der Waals surface area contributed by atoms with E-state index in [0.717, 1.165) is 19.0 Å². The third-order valence-corrected chi connectivity index (χ3v) is 3.54. The van der Waals surface area contributed by atoms with Crippen LogP contribution in [0.3, 0.4) is 0 Å². The van der Waals surface area contributed by atoms with Crippen LogP contribution in [0.1, 0.15) is 63.0 Å². The third kappa shape index (κ3) is 8.10. The van der Waals surface area contributed by atoms with Gasteiger partial charge in [0, 0.05) is 6.54 Å². The molecule has 120 valence electrons. The van der Waals surface area contributed by atoms with Crippen molar-refractivity contribution < 1.29 is 13.2 Å². The summed E-state index contributed by atoms with van der Waals surface area (Å²) in [6.07, 6.45) is 4.46. The SMILES string of the molecule is CCCCCCCCCNCc1cccc(C(F)(F)F)c1. The van der Waals surface area contributed by atoms with Gasteiger partial charge in [-0.1, -0.05) is 63.6 Å². The maximum Gasteiger partial charge on any atom is 0.416 e. The maximum atomic E-state index is 12.6. The van der Waals surface area contributed by atoms with Gasteiger partial charge >= 0.3 is 6.18 Å². The van der Waals surface area contributed by atoms with E-state index >= 15 is 0 Å². The van der Waals surface area contributed by atoms with Crippen LogP contribution in [-0.2, 0) is 12.7 Å². The fourth-order valence-corrected chi connectivity index (χ4v) is 2.30. The molecule has 0 atom stereocenters. The van der Waals surface area contributed by atoms with Crippen molar-refractivity contribution in [2.75, 3.05) is 6.54 Å². The average Bonchev–Trinajstić information content (AvgIpc) is 2.45. The van der Waals surface area contributed by atoms with E-state index in [0.29, 0.717) is 12.1 Å². The second-order valence-corrected chi connectivity index (χ2v) is 5.50. The van der Waals surface area contributed by atoms with Gasteiger partial charge in [-0.3, -0.25) is 0 Å². The minimum atomic E-state index is -4.26. The molecule has 0 aliphatic heterocycles. The molecule has 1 rings (SSSR count). The first-order valence-corrected chi connectivity index (χ1v) is 7.91. The first kappa shape index (κ1) is 18.0. The Morgan fingerprint density at radius 1 is 0.952 bits per heavy atom. The first-order chi connectivity index (χ1) is 10.0. The molecule has 0 amide bonds. The lowest BCUT2D eigenvalue weighted by molar-refractivity contribution is -0.137. The summed E-state index contributed by atoms with van der Waals surface area (Å²) in [7, 11) is 0. The van der Waals surface area contributed by atoms with Crippen molar-refractivity contribution >= 4 is 0 Å². The van der Waals surface area contributed by atoms with E-state index in [1.807, 2.05) is 0 Å². The number of nitrogens with one attached hydrogen (secondary N) is 1. The second kappa shape index (κ2) is 9.82. The van der Waals surface area contributed by atoms with Gasteiger partial charge in [-0.05, 0) is 24.6 Å². The largest absolute Gasteiger partial charge is 0.416 e. The maximum absolute atomic E-state index is 12.6. The number of hydrogen-bond acceptors (Lipinski definition) is 1. The van der Waals surface area contributed by atoms with Gasteiger partial charge in [0.1, 0.15) is 0 Å². The summed E-state index contributed by atoms with van der Waals surface area (Å²) in [5.74, 6) is 0. The van der Waals surface area contributed by atoms with E-state index in [-0.39, 0.29) is 0 Å².